The van der Waals surface area contributed by atoms with Crippen LogP contribution in [0.3, 0.4) is 0 Å². The van der Waals surface area contributed by atoms with Crippen molar-refractivity contribution in [3.8, 4) is 5.75 Å². The third-order valence-corrected chi connectivity index (χ3v) is 4.70. The van der Waals surface area contributed by atoms with E-state index in [1.807, 2.05) is 24.3 Å². The molecule has 1 fully saturated rings. The number of carboxylic acids is 1. The summed E-state index contributed by atoms with van der Waals surface area (Å²) in [5, 5.41) is 12.2. The second kappa shape index (κ2) is 10.0. The molecule has 1 aliphatic rings. The highest BCUT2D eigenvalue weighted by Gasteiger charge is 2.29. The van der Waals surface area contributed by atoms with Crippen molar-refractivity contribution >= 4 is 11.9 Å². The van der Waals surface area contributed by atoms with Crippen molar-refractivity contribution in [1.29, 1.82) is 0 Å². The fraction of sp³-hybridized carbons (Fsp3) is 0.579. The molecule has 0 bridgehead atoms. The number of carbonyl (C=O) groups excluding carboxylic acids is 1. The van der Waals surface area contributed by atoms with Gasteiger partial charge < -0.3 is 19.9 Å². The Balaban J connectivity index is 1.70. The number of rotatable bonds is 9. The molecule has 0 spiro atoms. The zero-order chi connectivity index (χ0) is 18.1. The largest absolute Gasteiger partial charge is 0.497 e. The summed E-state index contributed by atoms with van der Waals surface area (Å²) in [6.07, 6.45) is 3.41. The highest BCUT2D eigenvalue weighted by molar-refractivity contribution is 5.77. The van der Waals surface area contributed by atoms with Crippen molar-refractivity contribution in [3.63, 3.8) is 0 Å². The highest BCUT2D eigenvalue weighted by atomic mass is 16.5. The Labute approximate surface area is 148 Å². The van der Waals surface area contributed by atoms with Crippen LogP contribution in [-0.2, 0) is 20.7 Å². The highest BCUT2D eigenvalue weighted by Crippen LogP contribution is 2.23. The Hall–Kier alpha value is -2.08. The second-order valence-corrected chi connectivity index (χ2v) is 6.40. The van der Waals surface area contributed by atoms with Gasteiger partial charge in [-0.1, -0.05) is 12.1 Å². The molecule has 1 aliphatic heterocycles. The molecule has 1 saturated heterocycles. The first-order valence-corrected chi connectivity index (χ1v) is 8.80. The number of nitrogens with one attached hydrogen (secondary N) is 1. The zero-order valence-corrected chi connectivity index (χ0v) is 14.7. The first-order chi connectivity index (χ1) is 12.1. The van der Waals surface area contributed by atoms with E-state index < -0.39 is 11.9 Å². The van der Waals surface area contributed by atoms with Gasteiger partial charge in [-0.15, -0.1) is 0 Å². The molecule has 0 saturated carbocycles. The molecule has 1 aromatic rings. The van der Waals surface area contributed by atoms with Crippen molar-refractivity contribution in [2.45, 2.75) is 32.1 Å². The van der Waals surface area contributed by atoms with E-state index in [4.69, 9.17) is 9.47 Å². The van der Waals surface area contributed by atoms with E-state index in [1.165, 1.54) is 0 Å². The molecule has 6 nitrogen and oxygen atoms in total. The normalized spacial score (nSPS) is 16.2. The van der Waals surface area contributed by atoms with E-state index in [9.17, 15) is 14.7 Å². The van der Waals surface area contributed by atoms with Gasteiger partial charge in [0.1, 0.15) is 5.75 Å². The Morgan fingerprint density at radius 2 is 1.96 bits per heavy atom. The van der Waals surface area contributed by atoms with Gasteiger partial charge in [0.2, 0.25) is 5.91 Å². The first-order valence-electron chi connectivity index (χ1n) is 8.80. The summed E-state index contributed by atoms with van der Waals surface area (Å²) < 4.78 is 10.4. The average Bonchev–Trinajstić information content (AvgIpc) is 2.63. The molecule has 6 heteroatoms. The molecule has 0 radical (unpaired) electrons. The molecule has 2 N–H and O–H groups in total. The number of amides is 1. The van der Waals surface area contributed by atoms with Gasteiger partial charge in [0.25, 0.3) is 0 Å². The monoisotopic (exact) mass is 349 g/mol. The molecular formula is C19H27NO5. The number of benzene rings is 1. The van der Waals surface area contributed by atoms with Gasteiger partial charge in [-0.2, -0.15) is 0 Å². The maximum atomic E-state index is 12.0. The number of hydrogen-bond acceptors (Lipinski definition) is 4. The van der Waals surface area contributed by atoms with E-state index >= 15 is 0 Å². The predicted molar refractivity (Wildman–Crippen MR) is 93.6 cm³/mol. The zero-order valence-electron chi connectivity index (χ0n) is 14.7. The Bertz CT molecular complexity index is 551. The number of carbonyl (C=O) groups is 2. The van der Waals surface area contributed by atoms with Crippen LogP contribution in [0.5, 0.6) is 5.75 Å². The summed E-state index contributed by atoms with van der Waals surface area (Å²) in [4.78, 5) is 23.5. The van der Waals surface area contributed by atoms with E-state index in [0.29, 0.717) is 19.6 Å². The van der Waals surface area contributed by atoms with E-state index in [1.54, 1.807) is 7.11 Å². The SMILES string of the molecule is COc1ccc(CCCC(=O)NCC(C(=O)O)C2CCOCC2)cc1. The molecule has 0 aliphatic carbocycles. The van der Waals surface area contributed by atoms with Crippen LogP contribution in [0.2, 0.25) is 0 Å². The van der Waals surface area contributed by atoms with Gasteiger partial charge in [-0.25, -0.2) is 0 Å². The predicted octanol–water partition coefficient (Wildman–Crippen LogP) is 2.26. The Kier molecular flexibility index (Phi) is 7.73. The van der Waals surface area contributed by atoms with Gasteiger partial charge in [0.15, 0.2) is 0 Å². The number of carboxylic acid groups (broad SMARTS) is 1. The quantitative estimate of drug-likeness (QED) is 0.714. The maximum absolute atomic E-state index is 12.0. The molecule has 2 rings (SSSR count). The lowest BCUT2D eigenvalue weighted by atomic mass is 9.86. The van der Waals surface area contributed by atoms with Crippen molar-refractivity contribution in [3.05, 3.63) is 29.8 Å². The summed E-state index contributed by atoms with van der Waals surface area (Å²) in [7, 11) is 1.63. The van der Waals surface area contributed by atoms with Crippen LogP contribution in [0.25, 0.3) is 0 Å². The molecule has 1 heterocycles. The molecular weight excluding hydrogens is 322 g/mol. The summed E-state index contributed by atoms with van der Waals surface area (Å²) in [5.74, 6) is -0.577. The number of hydrogen-bond donors (Lipinski definition) is 2. The molecule has 1 atom stereocenters. The average molecular weight is 349 g/mol. The van der Waals surface area contributed by atoms with Gasteiger partial charge >= 0.3 is 5.97 Å². The maximum Gasteiger partial charge on any atom is 0.308 e. The third-order valence-electron chi connectivity index (χ3n) is 4.70. The molecule has 138 valence electrons. The molecule has 1 unspecified atom stereocenters. The van der Waals surface area contributed by atoms with Crippen LogP contribution in [0, 0.1) is 11.8 Å². The van der Waals surface area contributed by atoms with Crippen LogP contribution in [-0.4, -0.2) is 43.9 Å². The lowest BCUT2D eigenvalue weighted by Crippen LogP contribution is -2.38. The lowest BCUT2D eigenvalue weighted by Gasteiger charge is -2.27. The Morgan fingerprint density at radius 3 is 2.56 bits per heavy atom. The van der Waals surface area contributed by atoms with Crippen LogP contribution in [0.15, 0.2) is 24.3 Å². The third kappa shape index (κ3) is 6.38. The number of methoxy groups -OCH3 is 1. The standard InChI is InChI=1S/C19H27NO5/c1-24-16-7-5-14(6-8-16)3-2-4-18(21)20-13-17(19(22)23)15-9-11-25-12-10-15/h5-8,15,17H,2-4,9-13H2,1H3,(H,20,21)(H,22,23). The smallest absolute Gasteiger partial charge is 0.308 e. The fourth-order valence-corrected chi connectivity index (χ4v) is 3.13. The van der Waals surface area contributed by atoms with Crippen LogP contribution >= 0.6 is 0 Å². The summed E-state index contributed by atoms with van der Waals surface area (Å²) >= 11 is 0. The molecule has 0 aromatic heterocycles. The Morgan fingerprint density at radius 1 is 1.28 bits per heavy atom. The van der Waals surface area contributed by atoms with Gasteiger partial charge in [-0.05, 0) is 49.3 Å². The van der Waals surface area contributed by atoms with Gasteiger partial charge in [0.05, 0.1) is 13.0 Å². The van der Waals surface area contributed by atoms with Crippen molar-refractivity contribution in [2.75, 3.05) is 26.9 Å². The molecule has 25 heavy (non-hydrogen) atoms. The van der Waals surface area contributed by atoms with E-state index in [2.05, 4.69) is 5.32 Å². The van der Waals surface area contributed by atoms with Crippen LogP contribution in [0.1, 0.15) is 31.2 Å². The second-order valence-electron chi connectivity index (χ2n) is 6.40. The summed E-state index contributed by atoms with van der Waals surface area (Å²) in [6.45, 7) is 1.40. The molecule has 1 aromatic carbocycles. The van der Waals surface area contributed by atoms with Crippen LogP contribution < -0.4 is 10.1 Å². The summed E-state index contributed by atoms with van der Waals surface area (Å²) in [6, 6.07) is 7.78. The minimum absolute atomic E-state index is 0.0749. The number of ether oxygens (including phenoxy) is 2. The van der Waals surface area contributed by atoms with E-state index in [0.717, 1.165) is 37.0 Å². The van der Waals surface area contributed by atoms with Crippen LogP contribution in [0.4, 0.5) is 0 Å². The van der Waals surface area contributed by atoms with Gasteiger partial charge in [-0.3, -0.25) is 9.59 Å². The minimum atomic E-state index is -0.842. The topological polar surface area (TPSA) is 84.9 Å². The number of aryl methyl sites for hydroxylation is 1. The first kappa shape index (κ1) is 19.2. The minimum Gasteiger partial charge on any atom is -0.497 e. The van der Waals surface area contributed by atoms with E-state index in [-0.39, 0.29) is 18.4 Å². The van der Waals surface area contributed by atoms with Crippen molar-refractivity contribution in [1.82, 2.24) is 5.32 Å². The summed E-state index contributed by atoms with van der Waals surface area (Å²) in [5.41, 5.74) is 1.15. The fourth-order valence-electron chi connectivity index (χ4n) is 3.13. The molecule has 1 amide bonds. The van der Waals surface area contributed by atoms with Gasteiger partial charge in [0, 0.05) is 26.2 Å². The number of aliphatic carboxylic acids is 1. The van der Waals surface area contributed by atoms with Crippen molar-refractivity contribution in [2.24, 2.45) is 11.8 Å². The lowest BCUT2D eigenvalue weighted by molar-refractivity contribution is -0.145. The van der Waals surface area contributed by atoms with Crippen molar-refractivity contribution < 1.29 is 24.2 Å².